The standard InChI is InChI=1S/C14H19NO3/c1-5-17-14(16)11(4)18-13-8-6-7-12(9-13)15-10(2)3/h6-9,11,15H,2,5H2,1,3-4H3. The van der Waals surface area contributed by atoms with Crippen LogP contribution in [0.1, 0.15) is 20.8 Å². The van der Waals surface area contributed by atoms with Crippen molar-refractivity contribution < 1.29 is 14.3 Å². The minimum Gasteiger partial charge on any atom is -0.479 e. The lowest BCUT2D eigenvalue weighted by molar-refractivity contribution is -0.150. The maximum absolute atomic E-state index is 11.4. The molecule has 18 heavy (non-hydrogen) atoms. The molecule has 1 atom stereocenters. The number of allylic oxidation sites excluding steroid dienone is 1. The van der Waals surface area contributed by atoms with Crippen LogP contribution in [0, 0.1) is 0 Å². The predicted molar refractivity (Wildman–Crippen MR) is 71.6 cm³/mol. The largest absolute Gasteiger partial charge is 0.479 e. The Morgan fingerprint density at radius 3 is 2.83 bits per heavy atom. The molecule has 0 bridgehead atoms. The molecule has 1 aromatic carbocycles. The van der Waals surface area contributed by atoms with Crippen LogP contribution in [0.4, 0.5) is 5.69 Å². The molecule has 0 heterocycles. The molecular weight excluding hydrogens is 230 g/mol. The molecule has 98 valence electrons. The van der Waals surface area contributed by atoms with Crippen LogP contribution in [-0.4, -0.2) is 18.7 Å². The summed E-state index contributed by atoms with van der Waals surface area (Å²) in [6, 6.07) is 7.35. The van der Waals surface area contributed by atoms with Crippen molar-refractivity contribution in [2.75, 3.05) is 11.9 Å². The Kier molecular flexibility index (Phi) is 5.24. The monoisotopic (exact) mass is 249 g/mol. The highest BCUT2D eigenvalue weighted by molar-refractivity contribution is 5.74. The third kappa shape index (κ3) is 4.49. The SMILES string of the molecule is C=C(C)Nc1cccc(OC(C)C(=O)OCC)c1. The Morgan fingerprint density at radius 2 is 2.22 bits per heavy atom. The summed E-state index contributed by atoms with van der Waals surface area (Å²) in [6.45, 7) is 9.42. The second-order valence-electron chi connectivity index (χ2n) is 3.95. The first-order chi connectivity index (χ1) is 8.52. The summed E-state index contributed by atoms with van der Waals surface area (Å²) in [5.74, 6) is 0.248. The van der Waals surface area contributed by atoms with Crippen molar-refractivity contribution in [3.63, 3.8) is 0 Å². The van der Waals surface area contributed by atoms with Gasteiger partial charge in [-0.25, -0.2) is 4.79 Å². The Morgan fingerprint density at radius 1 is 1.50 bits per heavy atom. The van der Waals surface area contributed by atoms with E-state index in [9.17, 15) is 4.79 Å². The lowest BCUT2D eigenvalue weighted by Crippen LogP contribution is -2.26. The Balaban J connectivity index is 2.66. The second-order valence-corrected chi connectivity index (χ2v) is 3.95. The topological polar surface area (TPSA) is 47.6 Å². The fraction of sp³-hybridized carbons (Fsp3) is 0.357. The van der Waals surface area contributed by atoms with E-state index < -0.39 is 6.10 Å². The quantitative estimate of drug-likeness (QED) is 0.787. The van der Waals surface area contributed by atoms with Crippen LogP contribution in [0.5, 0.6) is 5.75 Å². The van der Waals surface area contributed by atoms with Gasteiger partial charge in [-0.1, -0.05) is 12.6 Å². The number of esters is 1. The van der Waals surface area contributed by atoms with E-state index in [2.05, 4.69) is 11.9 Å². The first kappa shape index (κ1) is 14.1. The summed E-state index contributed by atoms with van der Waals surface area (Å²) in [6.07, 6.45) is -0.620. The number of nitrogens with one attached hydrogen (secondary N) is 1. The molecule has 0 fully saturated rings. The van der Waals surface area contributed by atoms with E-state index in [-0.39, 0.29) is 5.97 Å². The van der Waals surface area contributed by atoms with Crippen LogP contribution in [-0.2, 0) is 9.53 Å². The molecule has 1 aromatic rings. The van der Waals surface area contributed by atoms with Crippen molar-refractivity contribution >= 4 is 11.7 Å². The first-order valence-electron chi connectivity index (χ1n) is 5.88. The van der Waals surface area contributed by atoms with Gasteiger partial charge in [-0.15, -0.1) is 0 Å². The molecule has 4 nitrogen and oxygen atoms in total. The minimum absolute atomic E-state index is 0.351. The van der Waals surface area contributed by atoms with Gasteiger partial charge in [0.25, 0.3) is 0 Å². The highest BCUT2D eigenvalue weighted by Gasteiger charge is 2.15. The van der Waals surface area contributed by atoms with Crippen LogP contribution in [0.25, 0.3) is 0 Å². The molecule has 0 saturated carbocycles. The molecule has 1 rings (SSSR count). The lowest BCUT2D eigenvalue weighted by atomic mass is 10.3. The van der Waals surface area contributed by atoms with Crippen LogP contribution < -0.4 is 10.1 Å². The van der Waals surface area contributed by atoms with E-state index in [0.29, 0.717) is 12.4 Å². The van der Waals surface area contributed by atoms with Crippen LogP contribution in [0.15, 0.2) is 36.5 Å². The highest BCUT2D eigenvalue weighted by Crippen LogP contribution is 2.19. The second kappa shape index (κ2) is 6.69. The van der Waals surface area contributed by atoms with Gasteiger partial charge >= 0.3 is 5.97 Å². The number of hydrogen-bond donors (Lipinski definition) is 1. The summed E-state index contributed by atoms with van der Waals surface area (Å²) in [5.41, 5.74) is 1.71. The van der Waals surface area contributed by atoms with Crippen molar-refractivity contribution in [3.05, 3.63) is 36.5 Å². The van der Waals surface area contributed by atoms with E-state index in [4.69, 9.17) is 9.47 Å². The molecule has 0 aliphatic heterocycles. The zero-order chi connectivity index (χ0) is 13.5. The maximum atomic E-state index is 11.4. The fourth-order valence-corrected chi connectivity index (χ4v) is 1.41. The normalized spacial score (nSPS) is 11.5. The number of rotatable bonds is 6. The van der Waals surface area contributed by atoms with Gasteiger partial charge < -0.3 is 14.8 Å². The molecule has 0 amide bonds. The molecule has 0 aliphatic rings. The van der Waals surface area contributed by atoms with Gasteiger partial charge in [0.05, 0.1) is 6.61 Å². The van der Waals surface area contributed by atoms with E-state index in [0.717, 1.165) is 11.4 Å². The van der Waals surface area contributed by atoms with Crippen LogP contribution >= 0.6 is 0 Å². The molecule has 0 spiro atoms. The number of hydrogen-bond acceptors (Lipinski definition) is 4. The number of carbonyl (C=O) groups is 1. The van der Waals surface area contributed by atoms with E-state index in [1.54, 1.807) is 19.9 Å². The van der Waals surface area contributed by atoms with Gasteiger partial charge in [0.15, 0.2) is 6.10 Å². The molecule has 0 aliphatic carbocycles. The maximum Gasteiger partial charge on any atom is 0.347 e. The van der Waals surface area contributed by atoms with Gasteiger partial charge in [0, 0.05) is 17.5 Å². The van der Waals surface area contributed by atoms with Crippen LogP contribution in [0.2, 0.25) is 0 Å². The molecule has 0 aromatic heterocycles. The Labute approximate surface area is 108 Å². The summed E-state index contributed by atoms with van der Waals surface area (Å²) >= 11 is 0. The Hall–Kier alpha value is -1.97. The van der Waals surface area contributed by atoms with Crippen molar-refractivity contribution in [3.8, 4) is 5.75 Å². The summed E-state index contributed by atoms with van der Waals surface area (Å²) in [5, 5.41) is 3.08. The smallest absolute Gasteiger partial charge is 0.347 e. The lowest BCUT2D eigenvalue weighted by Gasteiger charge is -2.14. The predicted octanol–water partition coefficient (Wildman–Crippen LogP) is 2.96. The van der Waals surface area contributed by atoms with Crippen molar-refractivity contribution in [1.82, 2.24) is 0 Å². The zero-order valence-corrected chi connectivity index (χ0v) is 11.0. The summed E-state index contributed by atoms with van der Waals surface area (Å²) in [4.78, 5) is 11.4. The first-order valence-corrected chi connectivity index (χ1v) is 5.88. The van der Waals surface area contributed by atoms with Gasteiger partial charge in [-0.3, -0.25) is 0 Å². The minimum atomic E-state index is -0.620. The van der Waals surface area contributed by atoms with E-state index >= 15 is 0 Å². The van der Waals surface area contributed by atoms with Gasteiger partial charge in [-0.2, -0.15) is 0 Å². The summed E-state index contributed by atoms with van der Waals surface area (Å²) in [7, 11) is 0. The number of carbonyl (C=O) groups excluding carboxylic acids is 1. The van der Waals surface area contributed by atoms with Crippen molar-refractivity contribution in [2.24, 2.45) is 0 Å². The van der Waals surface area contributed by atoms with Crippen LogP contribution in [0.3, 0.4) is 0 Å². The Bertz CT molecular complexity index is 429. The fourth-order valence-electron chi connectivity index (χ4n) is 1.41. The van der Waals surface area contributed by atoms with Gasteiger partial charge in [0.1, 0.15) is 5.75 Å². The molecular formula is C14H19NO3. The summed E-state index contributed by atoms with van der Waals surface area (Å²) < 4.78 is 10.4. The number of ether oxygens (including phenoxy) is 2. The van der Waals surface area contributed by atoms with E-state index in [1.807, 2.05) is 25.1 Å². The number of anilines is 1. The average molecular weight is 249 g/mol. The van der Waals surface area contributed by atoms with E-state index in [1.165, 1.54) is 0 Å². The zero-order valence-electron chi connectivity index (χ0n) is 11.0. The third-order valence-electron chi connectivity index (χ3n) is 2.12. The molecule has 4 heteroatoms. The molecule has 0 saturated heterocycles. The highest BCUT2D eigenvalue weighted by atomic mass is 16.6. The molecule has 1 unspecified atom stereocenters. The van der Waals surface area contributed by atoms with Gasteiger partial charge in [0.2, 0.25) is 0 Å². The van der Waals surface area contributed by atoms with Gasteiger partial charge in [-0.05, 0) is 32.9 Å². The molecule has 1 N–H and O–H groups in total. The van der Waals surface area contributed by atoms with Crippen molar-refractivity contribution in [1.29, 1.82) is 0 Å². The average Bonchev–Trinajstić information content (AvgIpc) is 2.28. The van der Waals surface area contributed by atoms with Crippen molar-refractivity contribution in [2.45, 2.75) is 26.9 Å². The third-order valence-corrected chi connectivity index (χ3v) is 2.12. The molecule has 0 radical (unpaired) electrons. The number of benzene rings is 1.